The molecule has 104 valence electrons. The molecule has 0 bridgehead atoms. The number of pyridine rings is 2. The molecule has 2 aromatic heterocycles. The summed E-state index contributed by atoms with van der Waals surface area (Å²) in [4.78, 5) is 9.00. The summed E-state index contributed by atoms with van der Waals surface area (Å²) >= 11 is 0. The van der Waals surface area contributed by atoms with Crippen LogP contribution in [-0.4, -0.2) is 9.97 Å². The van der Waals surface area contributed by atoms with Crippen molar-refractivity contribution in [1.82, 2.24) is 9.97 Å². The Morgan fingerprint density at radius 1 is 0.682 bits per heavy atom. The molecule has 0 spiro atoms. The van der Waals surface area contributed by atoms with Gasteiger partial charge in [0.25, 0.3) is 0 Å². The molecule has 2 aromatic carbocycles. The Bertz CT molecular complexity index is 916. The molecule has 4 aromatic rings. The van der Waals surface area contributed by atoms with Crippen LogP contribution in [0.5, 0.6) is 0 Å². The molecule has 0 atom stereocenters. The second kappa shape index (κ2) is 5.41. The van der Waals surface area contributed by atoms with Crippen LogP contribution in [0.3, 0.4) is 0 Å². The fourth-order valence-corrected chi connectivity index (χ4v) is 2.69. The van der Waals surface area contributed by atoms with Crippen molar-refractivity contribution in [3.05, 3.63) is 85.2 Å². The minimum atomic E-state index is 0.950. The second-order valence-electron chi connectivity index (χ2n) is 5.18. The number of hydrogen-bond donors (Lipinski definition) is 0. The van der Waals surface area contributed by atoms with Crippen LogP contribution in [0.4, 0.5) is 0 Å². The molecule has 22 heavy (non-hydrogen) atoms. The topological polar surface area (TPSA) is 25.8 Å². The normalized spacial score (nSPS) is 10.7. The van der Waals surface area contributed by atoms with Gasteiger partial charge in [0, 0.05) is 23.3 Å². The van der Waals surface area contributed by atoms with Crippen LogP contribution in [0, 0.1) is 0 Å². The van der Waals surface area contributed by atoms with Gasteiger partial charge in [-0.15, -0.1) is 0 Å². The van der Waals surface area contributed by atoms with Crippen LogP contribution >= 0.6 is 0 Å². The molecule has 0 saturated heterocycles. The van der Waals surface area contributed by atoms with Crippen molar-refractivity contribution in [2.24, 2.45) is 0 Å². The first kappa shape index (κ1) is 12.7. The van der Waals surface area contributed by atoms with Gasteiger partial charge < -0.3 is 0 Å². The number of nitrogens with zero attached hydrogens (tertiary/aromatic N) is 2. The fraction of sp³-hybridized carbons (Fsp3) is 0. The van der Waals surface area contributed by atoms with Gasteiger partial charge in [-0.2, -0.15) is 0 Å². The largest absolute Gasteiger partial charge is 0.264 e. The average molecular weight is 282 g/mol. The number of aromatic nitrogens is 2. The summed E-state index contributed by atoms with van der Waals surface area (Å²) in [7, 11) is 0. The van der Waals surface area contributed by atoms with E-state index >= 15 is 0 Å². The zero-order valence-corrected chi connectivity index (χ0v) is 12.0. The van der Waals surface area contributed by atoms with Gasteiger partial charge in [0.2, 0.25) is 0 Å². The lowest BCUT2D eigenvalue weighted by Crippen LogP contribution is -1.90. The number of para-hydroxylation sites is 1. The van der Waals surface area contributed by atoms with E-state index < -0.39 is 0 Å². The van der Waals surface area contributed by atoms with E-state index in [0.29, 0.717) is 0 Å². The predicted octanol–water partition coefficient (Wildman–Crippen LogP) is 4.96. The van der Waals surface area contributed by atoms with Crippen molar-refractivity contribution < 1.29 is 0 Å². The van der Waals surface area contributed by atoms with Gasteiger partial charge >= 0.3 is 0 Å². The summed E-state index contributed by atoms with van der Waals surface area (Å²) in [6, 6.07) is 24.8. The highest BCUT2D eigenvalue weighted by Gasteiger charge is 2.08. The molecule has 0 unspecified atom stereocenters. The highest BCUT2D eigenvalue weighted by molar-refractivity contribution is 5.96. The number of fused-ring (bicyclic) bond motifs is 1. The lowest BCUT2D eigenvalue weighted by molar-refractivity contribution is 1.30. The molecular formula is C20H14N2. The van der Waals surface area contributed by atoms with Crippen molar-refractivity contribution in [2.45, 2.75) is 0 Å². The predicted molar refractivity (Wildman–Crippen MR) is 90.4 cm³/mol. The van der Waals surface area contributed by atoms with E-state index in [1.54, 1.807) is 6.20 Å². The third kappa shape index (κ3) is 2.25. The van der Waals surface area contributed by atoms with E-state index in [9.17, 15) is 0 Å². The fourth-order valence-electron chi connectivity index (χ4n) is 2.69. The number of rotatable bonds is 2. The monoisotopic (exact) mass is 282 g/mol. The maximum Gasteiger partial charge on any atom is 0.0731 e. The minimum Gasteiger partial charge on any atom is -0.264 e. The Morgan fingerprint density at radius 2 is 1.45 bits per heavy atom. The molecule has 0 N–H and O–H groups in total. The summed E-state index contributed by atoms with van der Waals surface area (Å²) in [5, 5.41) is 1.17. The van der Waals surface area contributed by atoms with Gasteiger partial charge in [-0.3, -0.25) is 4.98 Å². The summed E-state index contributed by atoms with van der Waals surface area (Å²) in [6.45, 7) is 0. The quantitative estimate of drug-likeness (QED) is 0.519. The number of benzene rings is 2. The first-order valence-corrected chi connectivity index (χ1v) is 7.27. The lowest BCUT2D eigenvalue weighted by Gasteiger charge is -2.10. The van der Waals surface area contributed by atoms with Crippen LogP contribution in [-0.2, 0) is 0 Å². The Labute approximate surface area is 129 Å². The summed E-state index contributed by atoms with van der Waals surface area (Å²) in [6.07, 6.45) is 3.63. The van der Waals surface area contributed by atoms with E-state index in [1.807, 2.05) is 30.5 Å². The van der Waals surface area contributed by atoms with Crippen LogP contribution in [0.1, 0.15) is 0 Å². The van der Waals surface area contributed by atoms with E-state index in [1.165, 1.54) is 16.5 Å². The van der Waals surface area contributed by atoms with E-state index in [4.69, 9.17) is 4.98 Å². The highest BCUT2D eigenvalue weighted by Crippen LogP contribution is 2.31. The van der Waals surface area contributed by atoms with Crippen LogP contribution in [0.2, 0.25) is 0 Å². The van der Waals surface area contributed by atoms with Gasteiger partial charge in [0.05, 0.1) is 11.2 Å². The molecular weight excluding hydrogens is 268 g/mol. The Hall–Kier alpha value is -3.00. The smallest absolute Gasteiger partial charge is 0.0731 e. The van der Waals surface area contributed by atoms with Crippen molar-refractivity contribution in [2.75, 3.05) is 0 Å². The molecule has 0 aliphatic carbocycles. The third-order valence-electron chi connectivity index (χ3n) is 3.76. The summed E-state index contributed by atoms with van der Waals surface area (Å²) in [5.41, 5.74) is 5.38. The van der Waals surface area contributed by atoms with Crippen molar-refractivity contribution >= 4 is 10.9 Å². The Morgan fingerprint density at radius 3 is 2.27 bits per heavy atom. The second-order valence-corrected chi connectivity index (χ2v) is 5.18. The third-order valence-corrected chi connectivity index (χ3v) is 3.76. The average Bonchev–Trinajstić information content (AvgIpc) is 2.62. The van der Waals surface area contributed by atoms with Crippen molar-refractivity contribution in [3.8, 4) is 22.4 Å². The van der Waals surface area contributed by atoms with Gasteiger partial charge in [-0.05, 0) is 35.4 Å². The van der Waals surface area contributed by atoms with Gasteiger partial charge in [-0.1, -0.05) is 48.5 Å². The molecule has 0 aliphatic heterocycles. The van der Waals surface area contributed by atoms with Crippen LogP contribution < -0.4 is 0 Å². The molecule has 0 fully saturated rings. The molecule has 0 amide bonds. The molecule has 0 aliphatic rings. The zero-order valence-electron chi connectivity index (χ0n) is 12.0. The lowest BCUT2D eigenvalue weighted by atomic mass is 9.99. The standard InChI is InChI=1S/C20H14N2/c1-2-7-15(8-3-1)18-13-20(16-9-6-12-21-14-16)22-19-11-5-4-10-17(18)19/h1-14H. The summed E-state index contributed by atoms with van der Waals surface area (Å²) in [5.74, 6) is 0. The van der Waals surface area contributed by atoms with Gasteiger partial charge in [-0.25, -0.2) is 4.98 Å². The first-order chi connectivity index (χ1) is 10.9. The van der Waals surface area contributed by atoms with E-state index in [2.05, 4.69) is 53.5 Å². The molecule has 2 heterocycles. The van der Waals surface area contributed by atoms with E-state index in [-0.39, 0.29) is 0 Å². The molecule has 4 rings (SSSR count). The van der Waals surface area contributed by atoms with Crippen molar-refractivity contribution in [1.29, 1.82) is 0 Å². The van der Waals surface area contributed by atoms with Gasteiger partial charge in [0.15, 0.2) is 0 Å². The van der Waals surface area contributed by atoms with Crippen molar-refractivity contribution in [3.63, 3.8) is 0 Å². The maximum absolute atomic E-state index is 4.79. The number of hydrogen-bond acceptors (Lipinski definition) is 2. The molecule has 2 nitrogen and oxygen atoms in total. The molecule has 2 heteroatoms. The van der Waals surface area contributed by atoms with Crippen LogP contribution in [0.25, 0.3) is 33.3 Å². The van der Waals surface area contributed by atoms with Crippen LogP contribution in [0.15, 0.2) is 85.2 Å². The molecule has 0 saturated carbocycles. The maximum atomic E-state index is 4.79. The zero-order chi connectivity index (χ0) is 14.8. The molecule has 0 radical (unpaired) electrons. The van der Waals surface area contributed by atoms with E-state index in [0.717, 1.165) is 16.8 Å². The Kier molecular flexibility index (Phi) is 3.13. The van der Waals surface area contributed by atoms with Gasteiger partial charge in [0.1, 0.15) is 0 Å². The Balaban J connectivity index is 2.02. The highest BCUT2D eigenvalue weighted by atomic mass is 14.7. The SMILES string of the molecule is c1ccc(-c2cc(-c3cccnc3)nc3ccccc23)cc1. The minimum absolute atomic E-state index is 0.950. The first-order valence-electron chi connectivity index (χ1n) is 7.27. The summed E-state index contributed by atoms with van der Waals surface area (Å²) < 4.78 is 0.